The first-order chi connectivity index (χ1) is 12.3. The Morgan fingerprint density at radius 2 is 1.92 bits per heavy atom. The van der Waals surface area contributed by atoms with Crippen LogP contribution in [0.1, 0.15) is 58.0 Å². The summed E-state index contributed by atoms with van der Waals surface area (Å²) in [6.07, 6.45) is 4.68. The van der Waals surface area contributed by atoms with Gasteiger partial charge in [-0.25, -0.2) is 0 Å². The molecule has 1 N–H and O–H groups in total. The fourth-order valence-electron chi connectivity index (χ4n) is 4.01. The summed E-state index contributed by atoms with van der Waals surface area (Å²) < 4.78 is 0. The molecule has 0 spiro atoms. The Bertz CT molecular complexity index is 789. The fraction of sp³-hybridized carbons (Fsp3) is 0.400. The summed E-state index contributed by atoms with van der Waals surface area (Å²) in [5.41, 5.74) is 4.01. The lowest BCUT2D eigenvalue weighted by Crippen LogP contribution is -2.38. The molecule has 130 valence electrons. The van der Waals surface area contributed by atoms with E-state index in [0.29, 0.717) is 5.92 Å². The maximum Gasteiger partial charge on any atom is 0.255 e. The topological polar surface area (TPSA) is 52.9 Å². The van der Waals surface area contributed by atoms with Crippen molar-refractivity contribution in [2.24, 2.45) is 5.16 Å². The number of oxime groups is 1. The van der Waals surface area contributed by atoms with E-state index >= 15 is 0 Å². The Morgan fingerprint density at radius 3 is 2.64 bits per heavy atom. The van der Waals surface area contributed by atoms with E-state index in [9.17, 15) is 10.0 Å². The third-order valence-corrected chi connectivity index (χ3v) is 6.47. The van der Waals surface area contributed by atoms with Gasteiger partial charge in [-0.05, 0) is 49.1 Å². The Hall–Kier alpha value is -2.14. The molecule has 2 aromatic rings. The normalized spacial score (nSPS) is 19.8. The van der Waals surface area contributed by atoms with E-state index in [1.54, 1.807) is 0 Å². The zero-order valence-electron chi connectivity index (χ0n) is 14.1. The first kappa shape index (κ1) is 16.3. The number of likely N-dealkylation sites (tertiary alicyclic amines) is 1. The second kappa shape index (κ2) is 7.00. The highest BCUT2D eigenvalue weighted by atomic mass is 32.1. The van der Waals surface area contributed by atoms with Crippen molar-refractivity contribution in [1.29, 1.82) is 0 Å². The molecule has 4 rings (SSSR count). The molecule has 1 saturated heterocycles. The minimum absolute atomic E-state index is 0.142. The van der Waals surface area contributed by atoms with E-state index in [2.05, 4.69) is 29.4 Å². The van der Waals surface area contributed by atoms with Gasteiger partial charge in [0.2, 0.25) is 0 Å². The fourth-order valence-corrected chi connectivity index (χ4v) is 5.12. The molecule has 5 heteroatoms. The number of benzene rings is 1. The highest BCUT2D eigenvalue weighted by Crippen LogP contribution is 2.33. The van der Waals surface area contributed by atoms with Crippen LogP contribution in [0.15, 0.2) is 40.9 Å². The maximum atomic E-state index is 13.0. The van der Waals surface area contributed by atoms with E-state index in [-0.39, 0.29) is 5.91 Å². The molecule has 1 aliphatic heterocycles. The summed E-state index contributed by atoms with van der Waals surface area (Å²) in [6.45, 7) is 1.62. The summed E-state index contributed by atoms with van der Waals surface area (Å²) in [6, 6.07) is 10.6. The molecule has 0 bridgehead atoms. The molecule has 1 fully saturated rings. The number of carbonyl (C=O) groups excluding carboxylic acids is 1. The van der Waals surface area contributed by atoms with Crippen molar-refractivity contribution in [3.63, 3.8) is 0 Å². The molecule has 0 unspecified atom stereocenters. The second-order valence-corrected chi connectivity index (χ2v) is 7.71. The van der Waals surface area contributed by atoms with Crippen molar-refractivity contribution in [1.82, 2.24) is 4.90 Å². The molecule has 1 aliphatic carbocycles. The molecule has 1 aromatic heterocycles. The van der Waals surface area contributed by atoms with Crippen LogP contribution >= 0.6 is 11.3 Å². The van der Waals surface area contributed by atoms with E-state index < -0.39 is 0 Å². The van der Waals surface area contributed by atoms with Crippen LogP contribution in [0.5, 0.6) is 0 Å². The Kier molecular flexibility index (Phi) is 4.57. The standard InChI is InChI=1S/C20H22N2O2S/c23-20(17-13-25-19-16(17)7-4-8-18(19)21-24)22-11-9-15(10-12-22)14-5-2-1-3-6-14/h1-3,5-6,13,15,24H,4,7-12H2. The van der Waals surface area contributed by atoms with Crippen LogP contribution in [0.25, 0.3) is 0 Å². The molecule has 0 saturated carbocycles. The zero-order valence-corrected chi connectivity index (χ0v) is 15.0. The van der Waals surface area contributed by atoms with Crippen molar-refractivity contribution in [3.8, 4) is 0 Å². The van der Waals surface area contributed by atoms with Gasteiger partial charge in [0, 0.05) is 18.5 Å². The number of piperidine rings is 1. The molecule has 0 atom stereocenters. The van der Waals surface area contributed by atoms with Crippen LogP contribution in [0.2, 0.25) is 0 Å². The van der Waals surface area contributed by atoms with Gasteiger partial charge in [0.05, 0.1) is 16.2 Å². The van der Waals surface area contributed by atoms with E-state index in [4.69, 9.17) is 0 Å². The summed E-state index contributed by atoms with van der Waals surface area (Å²) >= 11 is 1.54. The molecular weight excluding hydrogens is 332 g/mol. The van der Waals surface area contributed by atoms with Crippen LogP contribution in [0.3, 0.4) is 0 Å². The number of thiophene rings is 1. The average molecular weight is 354 g/mol. The van der Waals surface area contributed by atoms with Crippen LogP contribution in [-0.2, 0) is 6.42 Å². The first-order valence-electron chi connectivity index (χ1n) is 8.94. The monoisotopic (exact) mass is 354 g/mol. The van der Waals surface area contributed by atoms with Gasteiger partial charge in [-0.1, -0.05) is 35.5 Å². The third-order valence-electron chi connectivity index (χ3n) is 5.40. The first-order valence-corrected chi connectivity index (χ1v) is 9.81. The maximum absolute atomic E-state index is 13.0. The number of amides is 1. The van der Waals surface area contributed by atoms with Crippen LogP contribution in [0.4, 0.5) is 0 Å². The van der Waals surface area contributed by atoms with E-state index in [1.807, 2.05) is 16.3 Å². The van der Waals surface area contributed by atoms with Gasteiger partial charge < -0.3 is 10.1 Å². The summed E-state index contributed by atoms with van der Waals surface area (Å²) in [4.78, 5) is 16.0. The molecule has 4 nitrogen and oxygen atoms in total. The minimum atomic E-state index is 0.142. The Morgan fingerprint density at radius 1 is 1.16 bits per heavy atom. The molecule has 25 heavy (non-hydrogen) atoms. The van der Waals surface area contributed by atoms with Crippen LogP contribution < -0.4 is 0 Å². The largest absolute Gasteiger partial charge is 0.411 e. The van der Waals surface area contributed by atoms with Crippen molar-refractivity contribution in [2.45, 2.75) is 38.0 Å². The molecule has 2 aliphatic rings. The van der Waals surface area contributed by atoms with Crippen molar-refractivity contribution in [3.05, 3.63) is 57.3 Å². The molecule has 1 amide bonds. The lowest BCUT2D eigenvalue weighted by molar-refractivity contribution is 0.0712. The quantitative estimate of drug-likeness (QED) is 0.646. The van der Waals surface area contributed by atoms with Gasteiger partial charge in [-0.15, -0.1) is 11.3 Å². The van der Waals surface area contributed by atoms with Crippen LogP contribution in [-0.4, -0.2) is 34.8 Å². The number of hydrogen-bond acceptors (Lipinski definition) is 4. The van der Waals surface area contributed by atoms with Crippen LogP contribution in [0, 0.1) is 0 Å². The minimum Gasteiger partial charge on any atom is -0.411 e. The van der Waals surface area contributed by atoms with Gasteiger partial charge in [0.1, 0.15) is 0 Å². The molecule has 1 aromatic carbocycles. The molecular formula is C20H22N2O2S. The van der Waals surface area contributed by atoms with Crippen molar-refractivity contribution < 1.29 is 10.0 Å². The van der Waals surface area contributed by atoms with Gasteiger partial charge in [0.25, 0.3) is 5.91 Å². The summed E-state index contributed by atoms with van der Waals surface area (Å²) in [7, 11) is 0. The molecule has 0 radical (unpaired) electrons. The number of rotatable bonds is 2. The lowest BCUT2D eigenvalue weighted by Gasteiger charge is -2.32. The highest BCUT2D eigenvalue weighted by molar-refractivity contribution is 7.12. The average Bonchev–Trinajstić information content (AvgIpc) is 3.12. The summed E-state index contributed by atoms with van der Waals surface area (Å²) in [5, 5.41) is 14.5. The number of hydrogen-bond donors (Lipinski definition) is 1. The smallest absolute Gasteiger partial charge is 0.255 e. The van der Waals surface area contributed by atoms with E-state index in [1.165, 1.54) is 16.9 Å². The van der Waals surface area contributed by atoms with Gasteiger partial charge in [0.15, 0.2) is 0 Å². The SMILES string of the molecule is O=C(c1csc2c1CCCC2=NO)N1CCC(c2ccccc2)CC1. The highest BCUT2D eigenvalue weighted by Gasteiger charge is 2.29. The number of nitrogens with zero attached hydrogens (tertiary/aromatic N) is 2. The van der Waals surface area contributed by atoms with Gasteiger partial charge in [-0.2, -0.15) is 0 Å². The zero-order chi connectivity index (χ0) is 17.2. The second-order valence-electron chi connectivity index (χ2n) is 6.83. The lowest BCUT2D eigenvalue weighted by atomic mass is 9.89. The predicted octanol–water partition coefficient (Wildman–Crippen LogP) is 4.28. The van der Waals surface area contributed by atoms with Gasteiger partial charge in [-0.3, -0.25) is 4.79 Å². The molecule has 2 heterocycles. The van der Waals surface area contributed by atoms with Crippen molar-refractivity contribution in [2.75, 3.05) is 13.1 Å². The number of fused-ring (bicyclic) bond motifs is 1. The van der Waals surface area contributed by atoms with Crippen molar-refractivity contribution >= 4 is 23.0 Å². The predicted molar refractivity (Wildman–Crippen MR) is 99.9 cm³/mol. The Balaban J connectivity index is 1.47. The third kappa shape index (κ3) is 3.09. The summed E-state index contributed by atoms with van der Waals surface area (Å²) in [5.74, 6) is 0.693. The Labute approximate surface area is 151 Å². The van der Waals surface area contributed by atoms with Gasteiger partial charge >= 0.3 is 0 Å². The van der Waals surface area contributed by atoms with E-state index in [0.717, 1.165) is 66.9 Å². The number of carbonyl (C=O) groups is 1.